The summed E-state index contributed by atoms with van der Waals surface area (Å²) in [6.07, 6.45) is 6.72. The van der Waals surface area contributed by atoms with Gasteiger partial charge < -0.3 is 10.4 Å². The van der Waals surface area contributed by atoms with E-state index in [1.54, 1.807) is 43.2 Å². The zero-order valence-corrected chi connectivity index (χ0v) is 14.6. The number of halogens is 1. The van der Waals surface area contributed by atoms with Crippen LogP contribution in [0.4, 0.5) is 4.39 Å². The summed E-state index contributed by atoms with van der Waals surface area (Å²) in [5.74, 6) is -0.419. The SMILES string of the molecule is Cn1cc(C(C)(O)CNC(=O)C2(c3ccc(F)cc3)CCCC2)cn1. The Morgan fingerprint density at radius 2 is 2.00 bits per heavy atom. The first-order valence-corrected chi connectivity index (χ1v) is 8.59. The third-order valence-corrected chi connectivity index (χ3v) is 5.21. The third-order valence-electron chi connectivity index (χ3n) is 5.21. The molecule has 1 aliphatic carbocycles. The summed E-state index contributed by atoms with van der Waals surface area (Å²) in [5, 5.41) is 17.6. The van der Waals surface area contributed by atoms with Gasteiger partial charge in [-0.3, -0.25) is 9.48 Å². The van der Waals surface area contributed by atoms with E-state index in [0.717, 1.165) is 31.2 Å². The molecule has 134 valence electrons. The molecule has 0 aliphatic heterocycles. The number of nitrogens with one attached hydrogen (secondary N) is 1. The molecular weight excluding hydrogens is 321 g/mol. The van der Waals surface area contributed by atoms with Crippen LogP contribution < -0.4 is 5.32 Å². The van der Waals surface area contributed by atoms with Crippen LogP contribution in [0.15, 0.2) is 36.7 Å². The molecule has 2 aromatic rings. The van der Waals surface area contributed by atoms with Crippen LogP contribution in [0.1, 0.15) is 43.7 Å². The maximum Gasteiger partial charge on any atom is 0.230 e. The number of nitrogens with zero attached hydrogens (tertiary/aromatic N) is 2. The molecule has 2 N–H and O–H groups in total. The average Bonchev–Trinajstić information content (AvgIpc) is 3.23. The fraction of sp³-hybridized carbons (Fsp3) is 0.474. The standard InChI is InChI=1S/C19H24FN3O2/c1-18(25,15-11-22-23(2)12-15)13-21-17(24)19(9-3-4-10-19)14-5-7-16(20)8-6-14/h5-8,11-12,25H,3-4,9-10,13H2,1-2H3,(H,21,24). The monoisotopic (exact) mass is 345 g/mol. The molecule has 1 saturated carbocycles. The maximum absolute atomic E-state index is 13.3. The summed E-state index contributed by atoms with van der Waals surface area (Å²) < 4.78 is 14.9. The minimum atomic E-state index is -1.20. The Bertz CT molecular complexity index is 746. The summed E-state index contributed by atoms with van der Waals surface area (Å²) in [6.45, 7) is 1.75. The van der Waals surface area contributed by atoms with Gasteiger partial charge in [0.2, 0.25) is 5.91 Å². The summed E-state index contributed by atoms with van der Waals surface area (Å²) in [5.41, 5.74) is -0.354. The lowest BCUT2D eigenvalue weighted by atomic mass is 9.78. The van der Waals surface area contributed by atoms with Gasteiger partial charge in [-0.2, -0.15) is 5.10 Å². The van der Waals surface area contributed by atoms with Gasteiger partial charge in [-0.1, -0.05) is 25.0 Å². The fourth-order valence-electron chi connectivity index (χ4n) is 3.62. The van der Waals surface area contributed by atoms with Gasteiger partial charge in [-0.15, -0.1) is 0 Å². The van der Waals surface area contributed by atoms with Crippen LogP contribution in [0.3, 0.4) is 0 Å². The number of benzene rings is 1. The second kappa shape index (κ2) is 6.59. The lowest BCUT2D eigenvalue weighted by Crippen LogP contribution is -2.47. The lowest BCUT2D eigenvalue weighted by molar-refractivity contribution is -0.127. The molecule has 1 aromatic heterocycles. The summed E-state index contributed by atoms with van der Waals surface area (Å²) in [4.78, 5) is 13.0. The molecule has 0 radical (unpaired) electrons. The van der Waals surface area contributed by atoms with Gasteiger partial charge in [0.05, 0.1) is 18.2 Å². The number of carbonyl (C=O) groups excluding carboxylic acids is 1. The Labute approximate surface area is 146 Å². The minimum absolute atomic E-state index is 0.0977. The normalized spacial score (nSPS) is 18.7. The van der Waals surface area contributed by atoms with E-state index in [-0.39, 0.29) is 18.3 Å². The van der Waals surface area contributed by atoms with Gasteiger partial charge in [0.1, 0.15) is 11.4 Å². The Morgan fingerprint density at radius 1 is 1.36 bits per heavy atom. The van der Waals surface area contributed by atoms with E-state index in [9.17, 15) is 14.3 Å². The molecule has 1 amide bonds. The topological polar surface area (TPSA) is 67.2 Å². The van der Waals surface area contributed by atoms with E-state index in [2.05, 4.69) is 10.4 Å². The highest BCUT2D eigenvalue weighted by molar-refractivity contribution is 5.88. The van der Waals surface area contributed by atoms with E-state index >= 15 is 0 Å². The lowest BCUT2D eigenvalue weighted by Gasteiger charge is -2.30. The first-order valence-electron chi connectivity index (χ1n) is 8.59. The second-order valence-corrected chi connectivity index (χ2v) is 7.16. The van der Waals surface area contributed by atoms with Crippen LogP contribution in [0, 0.1) is 5.82 Å². The maximum atomic E-state index is 13.3. The molecule has 0 spiro atoms. The van der Waals surface area contributed by atoms with E-state index in [0.29, 0.717) is 5.56 Å². The van der Waals surface area contributed by atoms with Crippen molar-refractivity contribution < 1.29 is 14.3 Å². The Kier molecular flexibility index (Phi) is 4.64. The smallest absolute Gasteiger partial charge is 0.230 e. The van der Waals surface area contributed by atoms with Crippen LogP contribution in [-0.2, 0) is 22.9 Å². The second-order valence-electron chi connectivity index (χ2n) is 7.16. The molecule has 1 fully saturated rings. The molecule has 1 aliphatic rings. The van der Waals surface area contributed by atoms with Crippen molar-refractivity contribution in [2.24, 2.45) is 7.05 Å². The van der Waals surface area contributed by atoms with Crippen LogP contribution in [0.2, 0.25) is 0 Å². The Hall–Kier alpha value is -2.21. The van der Waals surface area contributed by atoms with Gasteiger partial charge in [-0.05, 0) is 37.5 Å². The molecular formula is C19H24FN3O2. The van der Waals surface area contributed by atoms with E-state index in [1.807, 2.05) is 0 Å². The van der Waals surface area contributed by atoms with Crippen LogP contribution in [0.25, 0.3) is 0 Å². The van der Waals surface area contributed by atoms with Gasteiger partial charge >= 0.3 is 0 Å². The number of aliphatic hydroxyl groups is 1. The molecule has 1 atom stereocenters. The Morgan fingerprint density at radius 3 is 2.56 bits per heavy atom. The largest absolute Gasteiger partial charge is 0.383 e. The van der Waals surface area contributed by atoms with Crippen molar-refractivity contribution >= 4 is 5.91 Å². The van der Waals surface area contributed by atoms with Crippen molar-refractivity contribution in [2.75, 3.05) is 6.54 Å². The van der Waals surface area contributed by atoms with E-state index in [4.69, 9.17) is 0 Å². The van der Waals surface area contributed by atoms with Gasteiger partial charge in [0.15, 0.2) is 0 Å². The minimum Gasteiger partial charge on any atom is -0.383 e. The first-order chi connectivity index (χ1) is 11.8. The number of aromatic nitrogens is 2. The molecule has 1 aromatic carbocycles. The van der Waals surface area contributed by atoms with E-state index < -0.39 is 11.0 Å². The molecule has 1 unspecified atom stereocenters. The van der Waals surface area contributed by atoms with Crippen molar-refractivity contribution in [1.82, 2.24) is 15.1 Å². The van der Waals surface area contributed by atoms with Crippen molar-refractivity contribution in [3.8, 4) is 0 Å². The summed E-state index contributed by atoms with van der Waals surface area (Å²) in [7, 11) is 1.78. The molecule has 0 saturated heterocycles. The van der Waals surface area contributed by atoms with Crippen LogP contribution in [-0.4, -0.2) is 27.3 Å². The Balaban J connectivity index is 1.77. The predicted octanol–water partition coefficient (Wildman–Crippen LogP) is 2.39. The highest BCUT2D eigenvalue weighted by Crippen LogP contribution is 2.41. The average molecular weight is 345 g/mol. The summed E-state index contributed by atoms with van der Waals surface area (Å²) >= 11 is 0. The fourth-order valence-corrected chi connectivity index (χ4v) is 3.62. The highest BCUT2D eigenvalue weighted by Gasteiger charge is 2.43. The van der Waals surface area contributed by atoms with Gasteiger partial charge in [0.25, 0.3) is 0 Å². The van der Waals surface area contributed by atoms with Crippen molar-refractivity contribution in [1.29, 1.82) is 0 Å². The molecule has 6 heteroatoms. The number of hydrogen-bond acceptors (Lipinski definition) is 3. The third kappa shape index (κ3) is 3.44. The number of hydrogen-bond donors (Lipinski definition) is 2. The van der Waals surface area contributed by atoms with Crippen molar-refractivity contribution in [3.63, 3.8) is 0 Å². The molecule has 1 heterocycles. The van der Waals surface area contributed by atoms with Gasteiger partial charge in [-0.25, -0.2) is 4.39 Å². The quantitative estimate of drug-likeness (QED) is 0.874. The number of carbonyl (C=O) groups is 1. The van der Waals surface area contributed by atoms with E-state index in [1.165, 1.54) is 12.1 Å². The number of amides is 1. The molecule has 5 nitrogen and oxygen atoms in total. The zero-order valence-electron chi connectivity index (χ0n) is 14.6. The number of aryl methyl sites for hydroxylation is 1. The first kappa shape index (κ1) is 17.6. The number of rotatable bonds is 5. The molecule has 3 rings (SSSR count). The summed E-state index contributed by atoms with van der Waals surface area (Å²) in [6, 6.07) is 6.18. The molecule has 25 heavy (non-hydrogen) atoms. The van der Waals surface area contributed by atoms with Crippen LogP contribution in [0.5, 0.6) is 0 Å². The van der Waals surface area contributed by atoms with Crippen molar-refractivity contribution in [3.05, 3.63) is 53.6 Å². The zero-order chi connectivity index (χ0) is 18.1. The predicted molar refractivity (Wildman–Crippen MR) is 92.3 cm³/mol. The highest BCUT2D eigenvalue weighted by atomic mass is 19.1. The molecule has 0 bridgehead atoms. The van der Waals surface area contributed by atoms with Gasteiger partial charge in [0, 0.05) is 18.8 Å². The van der Waals surface area contributed by atoms with Crippen molar-refractivity contribution in [2.45, 2.75) is 43.6 Å². The van der Waals surface area contributed by atoms with Crippen LogP contribution >= 0.6 is 0 Å².